The molecule has 0 unspecified atom stereocenters. The Balaban J connectivity index is 2.15. The SMILES string of the molecule is COc1cnc(C)cc1NCc1cccc(C(F)(F)F)c1. The minimum atomic E-state index is -4.33. The molecular formula is C15H15F3N2O. The Morgan fingerprint density at radius 3 is 2.67 bits per heavy atom. The van der Waals surface area contributed by atoms with E-state index in [1.54, 1.807) is 18.3 Å². The third-order valence-corrected chi connectivity index (χ3v) is 2.96. The van der Waals surface area contributed by atoms with E-state index in [0.717, 1.165) is 17.8 Å². The topological polar surface area (TPSA) is 34.1 Å². The average Bonchev–Trinajstić information content (AvgIpc) is 2.45. The van der Waals surface area contributed by atoms with Crippen molar-refractivity contribution in [1.82, 2.24) is 4.98 Å². The van der Waals surface area contributed by atoms with E-state index in [1.807, 2.05) is 6.92 Å². The molecule has 0 saturated heterocycles. The fourth-order valence-corrected chi connectivity index (χ4v) is 1.90. The Hall–Kier alpha value is -2.24. The third kappa shape index (κ3) is 3.87. The zero-order chi connectivity index (χ0) is 15.5. The number of aryl methyl sites for hydroxylation is 1. The molecule has 0 aliphatic rings. The van der Waals surface area contributed by atoms with Crippen molar-refractivity contribution < 1.29 is 17.9 Å². The quantitative estimate of drug-likeness (QED) is 0.925. The lowest BCUT2D eigenvalue weighted by molar-refractivity contribution is -0.137. The number of hydrogen-bond acceptors (Lipinski definition) is 3. The molecule has 3 nitrogen and oxygen atoms in total. The molecule has 0 bridgehead atoms. The van der Waals surface area contributed by atoms with Gasteiger partial charge in [-0.2, -0.15) is 13.2 Å². The molecule has 6 heteroatoms. The lowest BCUT2D eigenvalue weighted by Gasteiger charge is -2.13. The van der Waals surface area contributed by atoms with Gasteiger partial charge in [-0.3, -0.25) is 4.98 Å². The van der Waals surface area contributed by atoms with Gasteiger partial charge in [-0.1, -0.05) is 12.1 Å². The Labute approximate surface area is 120 Å². The van der Waals surface area contributed by atoms with Crippen LogP contribution in [0.25, 0.3) is 0 Å². The summed E-state index contributed by atoms with van der Waals surface area (Å²) in [7, 11) is 1.52. The van der Waals surface area contributed by atoms with Crippen LogP contribution in [0.2, 0.25) is 0 Å². The molecule has 0 amide bonds. The molecule has 2 rings (SSSR count). The Kier molecular flexibility index (Phi) is 4.35. The average molecular weight is 296 g/mol. The molecule has 0 aliphatic carbocycles. The Bertz CT molecular complexity index is 627. The fourth-order valence-electron chi connectivity index (χ4n) is 1.90. The molecule has 0 aliphatic heterocycles. The molecule has 1 heterocycles. The maximum absolute atomic E-state index is 12.7. The molecule has 0 atom stereocenters. The summed E-state index contributed by atoms with van der Waals surface area (Å²) in [5.74, 6) is 0.549. The summed E-state index contributed by atoms with van der Waals surface area (Å²) in [5.41, 5.74) is 1.38. The second kappa shape index (κ2) is 6.03. The van der Waals surface area contributed by atoms with E-state index in [1.165, 1.54) is 13.2 Å². The molecule has 21 heavy (non-hydrogen) atoms. The van der Waals surface area contributed by atoms with Crippen molar-refractivity contribution in [2.24, 2.45) is 0 Å². The number of methoxy groups -OCH3 is 1. The van der Waals surface area contributed by atoms with E-state index in [0.29, 0.717) is 17.0 Å². The number of benzene rings is 1. The molecule has 2 aromatic rings. The van der Waals surface area contributed by atoms with Crippen molar-refractivity contribution in [2.45, 2.75) is 19.6 Å². The van der Waals surface area contributed by atoms with Crippen molar-refractivity contribution in [3.8, 4) is 5.75 Å². The van der Waals surface area contributed by atoms with Crippen LogP contribution in [-0.4, -0.2) is 12.1 Å². The number of halogens is 3. The van der Waals surface area contributed by atoms with Crippen molar-refractivity contribution in [3.05, 3.63) is 53.3 Å². The zero-order valence-corrected chi connectivity index (χ0v) is 11.7. The molecule has 1 aromatic heterocycles. The maximum Gasteiger partial charge on any atom is 0.416 e. The molecular weight excluding hydrogens is 281 g/mol. The van der Waals surface area contributed by atoms with Crippen molar-refractivity contribution in [1.29, 1.82) is 0 Å². The zero-order valence-electron chi connectivity index (χ0n) is 11.7. The van der Waals surface area contributed by atoms with Gasteiger partial charge in [0.15, 0.2) is 5.75 Å². The van der Waals surface area contributed by atoms with E-state index >= 15 is 0 Å². The molecule has 112 valence electrons. The van der Waals surface area contributed by atoms with E-state index < -0.39 is 11.7 Å². The monoisotopic (exact) mass is 296 g/mol. The van der Waals surface area contributed by atoms with Crippen LogP contribution in [0, 0.1) is 6.92 Å². The highest BCUT2D eigenvalue weighted by Gasteiger charge is 2.30. The Morgan fingerprint density at radius 2 is 2.00 bits per heavy atom. The van der Waals surface area contributed by atoms with Crippen LogP contribution in [0.15, 0.2) is 36.5 Å². The largest absolute Gasteiger partial charge is 0.493 e. The number of alkyl halides is 3. The van der Waals surface area contributed by atoms with E-state index in [2.05, 4.69) is 10.3 Å². The number of hydrogen-bond donors (Lipinski definition) is 1. The van der Waals surface area contributed by atoms with Gasteiger partial charge in [-0.25, -0.2) is 0 Å². The van der Waals surface area contributed by atoms with Crippen LogP contribution in [-0.2, 0) is 12.7 Å². The first kappa shape index (κ1) is 15.2. The van der Waals surface area contributed by atoms with E-state index in [9.17, 15) is 13.2 Å². The van der Waals surface area contributed by atoms with Gasteiger partial charge in [-0.05, 0) is 30.7 Å². The van der Waals surface area contributed by atoms with Gasteiger partial charge in [-0.15, -0.1) is 0 Å². The second-order valence-corrected chi connectivity index (χ2v) is 4.58. The summed E-state index contributed by atoms with van der Waals surface area (Å²) in [6.07, 6.45) is -2.76. The fraction of sp³-hybridized carbons (Fsp3) is 0.267. The Morgan fingerprint density at radius 1 is 1.24 bits per heavy atom. The molecule has 1 N–H and O–H groups in total. The summed E-state index contributed by atoms with van der Waals surface area (Å²) in [4.78, 5) is 4.10. The van der Waals surface area contributed by atoms with Crippen LogP contribution < -0.4 is 10.1 Å². The predicted molar refractivity (Wildman–Crippen MR) is 74.3 cm³/mol. The molecule has 0 fully saturated rings. The predicted octanol–water partition coefficient (Wildman–Crippen LogP) is 4.03. The highest BCUT2D eigenvalue weighted by Crippen LogP contribution is 2.30. The van der Waals surface area contributed by atoms with Crippen molar-refractivity contribution in [3.63, 3.8) is 0 Å². The molecule has 1 aromatic carbocycles. The minimum absolute atomic E-state index is 0.268. The van der Waals surface area contributed by atoms with Gasteiger partial charge in [0.25, 0.3) is 0 Å². The van der Waals surface area contributed by atoms with Gasteiger partial charge < -0.3 is 10.1 Å². The standard InChI is InChI=1S/C15H15F3N2O/c1-10-6-13(14(21-2)9-19-10)20-8-11-4-3-5-12(7-11)15(16,17)18/h3-7,9H,8H2,1-2H3,(H,19,20). The highest BCUT2D eigenvalue weighted by molar-refractivity contribution is 5.56. The van der Waals surface area contributed by atoms with Crippen molar-refractivity contribution in [2.75, 3.05) is 12.4 Å². The number of aromatic nitrogens is 1. The normalized spacial score (nSPS) is 11.3. The van der Waals surface area contributed by atoms with Crippen LogP contribution in [0.3, 0.4) is 0 Å². The summed E-state index contributed by atoms with van der Waals surface area (Å²) < 4.78 is 43.1. The van der Waals surface area contributed by atoms with Gasteiger partial charge >= 0.3 is 6.18 Å². The van der Waals surface area contributed by atoms with E-state index in [-0.39, 0.29) is 6.54 Å². The van der Waals surface area contributed by atoms with E-state index in [4.69, 9.17) is 4.74 Å². The van der Waals surface area contributed by atoms with Gasteiger partial charge in [0, 0.05) is 12.2 Å². The number of rotatable bonds is 4. The molecule has 0 spiro atoms. The van der Waals surface area contributed by atoms with Crippen LogP contribution in [0.4, 0.5) is 18.9 Å². The number of nitrogens with zero attached hydrogens (tertiary/aromatic N) is 1. The molecule has 0 saturated carbocycles. The van der Waals surface area contributed by atoms with Gasteiger partial charge in [0.05, 0.1) is 24.6 Å². The molecule has 0 radical (unpaired) electrons. The first-order valence-electron chi connectivity index (χ1n) is 6.31. The number of anilines is 1. The van der Waals surface area contributed by atoms with Gasteiger partial charge in [0.1, 0.15) is 0 Å². The summed E-state index contributed by atoms with van der Waals surface area (Å²) in [6, 6.07) is 7.01. The van der Waals surface area contributed by atoms with Crippen molar-refractivity contribution >= 4 is 5.69 Å². The highest BCUT2D eigenvalue weighted by atomic mass is 19.4. The van der Waals surface area contributed by atoms with Crippen LogP contribution >= 0.6 is 0 Å². The number of ether oxygens (including phenoxy) is 1. The minimum Gasteiger partial charge on any atom is -0.493 e. The second-order valence-electron chi connectivity index (χ2n) is 4.58. The number of pyridine rings is 1. The smallest absolute Gasteiger partial charge is 0.416 e. The van der Waals surface area contributed by atoms with Crippen LogP contribution in [0.1, 0.15) is 16.8 Å². The third-order valence-electron chi connectivity index (χ3n) is 2.96. The maximum atomic E-state index is 12.7. The van der Waals surface area contributed by atoms with Crippen LogP contribution in [0.5, 0.6) is 5.75 Å². The number of nitrogens with one attached hydrogen (secondary N) is 1. The lowest BCUT2D eigenvalue weighted by Crippen LogP contribution is -2.07. The first-order chi connectivity index (χ1) is 9.90. The first-order valence-corrected chi connectivity index (χ1v) is 6.31. The van der Waals surface area contributed by atoms with Gasteiger partial charge in [0.2, 0.25) is 0 Å². The summed E-state index contributed by atoms with van der Waals surface area (Å²) in [5, 5.41) is 3.07. The lowest BCUT2D eigenvalue weighted by atomic mass is 10.1. The summed E-state index contributed by atoms with van der Waals surface area (Å²) >= 11 is 0. The summed E-state index contributed by atoms with van der Waals surface area (Å²) in [6.45, 7) is 2.10.